The second-order valence-electron chi connectivity index (χ2n) is 12.8. The maximum atomic E-state index is 12.4. The number of carbonyl (C=O) groups is 2. The zero-order valence-electron chi connectivity index (χ0n) is 30.6. The Morgan fingerprint density at radius 1 is 0.455 bits per heavy atom. The lowest BCUT2D eigenvalue weighted by Gasteiger charge is -2.14. The van der Waals surface area contributed by atoms with Crippen molar-refractivity contribution in [1.82, 2.24) is 20.8 Å². The highest BCUT2D eigenvalue weighted by Gasteiger charge is 2.17. The molecule has 0 aliphatic carbocycles. The van der Waals surface area contributed by atoms with Gasteiger partial charge in [0, 0.05) is 35.3 Å². The van der Waals surface area contributed by atoms with Crippen LogP contribution in [0.5, 0.6) is 11.5 Å². The summed E-state index contributed by atoms with van der Waals surface area (Å²) >= 11 is 0. The molecule has 6 aromatic carbocycles. The summed E-state index contributed by atoms with van der Waals surface area (Å²) in [7, 11) is 0. The molecule has 0 saturated heterocycles. The van der Waals surface area contributed by atoms with Crippen molar-refractivity contribution in [2.45, 2.75) is 26.7 Å². The Morgan fingerprint density at radius 3 is 1.16 bits per heavy atom. The third kappa shape index (κ3) is 8.47. The summed E-state index contributed by atoms with van der Waals surface area (Å²) in [5.74, 6) is 1.78. The highest BCUT2D eigenvalue weighted by atomic mass is 16.6. The van der Waals surface area contributed by atoms with Crippen LogP contribution in [0.3, 0.4) is 0 Å². The molecule has 0 aliphatic rings. The summed E-state index contributed by atoms with van der Waals surface area (Å²) in [6, 6.07) is 47.0. The Morgan fingerprint density at radius 2 is 0.782 bits per heavy atom. The Balaban J connectivity index is 1.09. The van der Waals surface area contributed by atoms with Gasteiger partial charge in [-0.1, -0.05) is 123 Å². The largest absolute Gasteiger partial charge is 0.416 e. The van der Waals surface area contributed by atoms with E-state index in [2.05, 4.69) is 20.8 Å². The molecule has 9 heteroatoms. The van der Waals surface area contributed by atoms with Crippen LogP contribution in [0.1, 0.15) is 26.7 Å². The van der Waals surface area contributed by atoms with E-state index in [9.17, 15) is 9.59 Å². The lowest BCUT2D eigenvalue weighted by Crippen LogP contribution is -2.27. The van der Waals surface area contributed by atoms with Gasteiger partial charge in [-0.05, 0) is 82.6 Å². The first-order chi connectivity index (χ1) is 27.0. The first kappa shape index (κ1) is 36.4. The maximum Gasteiger partial charge on any atom is 0.412 e. The standard InChI is InChI=1S/C46H40N4O5/c1-3-29-47-45(51)53-41-19-11-9-17-39(41)37-15-7-5-13-35(37)31-21-25-33(26-22-31)43-49-50-44(55-43)34-27-23-32(24-28-34)36-14-6-8-16-38(36)40-18-10-12-20-42(40)54-46(52)48-30-4-2/h5-28H,3-4,29-30H2,1-2H3,(H,47,51)(H,48,52). The molecular weight excluding hydrogens is 689 g/mol. The van der Waals surface area contributed by atoms with E-state index in [1.807, 2.05) is 147 Å². The van der Waals surface area contributed by atoms with E-state index in [-0.39, 0.29) is 0 Å². The number of hydrogen-bond acceptors (Lipinski definition) is 7. The van der Waals surface area contributed by atoms with Crippen molar-refractivity contribution in [3.8, 4) is 78.9 Å². The molecule has 0 aliphatic heterocycles. The molecule has 55 heavy (non-hydrogen) atoms. The molecular formula is C46H40N4O5. The predicted octanol–water partition coefficient (Wildman–Crippen LogP) is 11.1. The number of carbonyl (C=O) groups excluding carboxylic acids is 2. The number of aromatic nitrogens is 2. The van der Waals surface area contributed by atoms with Gasteiger partial charge in [-0.3, -0.25) is 0 Å². The SMILES string of the molecule is CCCNC(=O)Oc1ccccc1-c1ccccc1-c1ccc(-c2nnc(-c3ccc(-c4ccccc4-c4ccccc4OC(=O)NCCC)cc3)o2)cc1. The van der Waals surface area contributed by atoms with E-state index in [1.54, 1.807) is 12.1 Å². The monoisotopic (exact) mass is 728 g/mol. The van der Waals surface area contributed by atoms with Crippen LogP contribution in [0.25, 0.3) is 67.4 Å². The van der Waals surface area contributed by atoms with Crippen molar-refractivity contribution in [2.24, 2.45) is 0 Å². The molecule has 9 nitrogen and oxygen atoms in total. The molecule has 2 N–H and O–H groups in total. The molecule has 0 unspecified atom stereocenters. The summed E-state index contributed by atoms with van der Waals surface area (Å²) in [6.07, 6.45) is 0.685. The van der Waals surface area contributed by atoms with Crippen LogP contribution < -0.4 is 20.1 Å². The zero-order chi connectivity index (χ0) is 38.0. The smallest absolute Gasteiger partial charge is 0.412 e. The molecule has 0 radical (unpaired) electrons. The Hall–Kier alpha value is -7.00. The number of nitrogens with one attached hydrogen (secondary N) is 2. The molecule has 274 valence electrons. The van der Waals surface area contributed by atoms with E-state index in [1.165, 1.54) is 0 Å². The van der Waals surface area contributed by atoms with Gasteiger partial charge >= 0.3 is 12.2 Å². The number of para-hydroxylation sites is 2. The van der Waals surface area contributed by atoms with Crippen LogP contribution in [0.4, 0.5) is 9.59 Å². The number of amides is 2. The number of rotatable bonds is 12. The Labute approximate surface area is 320 Å². The second kappa shape index (κ2) is 17.2. The minimum Gasteiger partial charge on any atom is -0.416 e. The van der Waals surface area contributed by atoms with Crippen LogP contribution in [0, 0.1) is 0 Å². The normalized spacial score (nSPS) is 10.8. The molecule has 1 aromatic heterocycles. The van der Waals surface area contributed by atoms with Crippen LogP contribution in [0.2, 0.25) is 0 Å². The van der Waals surface area contributed by atoms with E-state index in [0.717, 1.165) is 68.5 Å². The minimum absolute atomic E-state index is 0.403. The summed E-state index contributed by atoms with van der Waals surface area (Å²) < 4.78 is 17.5. The topological polar surface area (TPSA) is 116 Å². The molecule has 1 heterocycles. The minimum atomic E-state index is -0.477. The summed E-state index contributed by atoms with van der Waals surface area (Å²) in [5, 5.41) is 14.3. The summed E-state index contributed by atoms with van der Waals surface area (Å²) in [5.41, 5.74) is 9.01. The van der Waals surface area contributed by atoms with Crippen LogP contribution in [-0.2, 0) is 0 Å². The fourth-order valence-corrected chi connectivity index (χ4v) is 6.26. The van der Waals surface area contributed by atoms with Crippen molar-refractivity contribution >= 4 is 12.2 Å². The third-order valence-electron chi connectivity index (χ3n) is 8.96. The van der Waals surface area contributed by atoms with Crippen molar-refractivity contribution in [1.29, 1.82) is 0 Å². The third-order valence-corrected chi connectivity index (χ3v) is 8.96. The van der Waals surface area contributed by atoms with Gasteiger partial charge in [-0.15, -0.1) is 10.2 Å². The first-order valence-electron chi connectivity index (χ1n) is 18.4. The predicted molar refractivity (Wildman–Crippen MR) is 216 cm³/mol. The van der Waals surface area contributed by atoms with E-state index >= 15 is 0 Å². The van der Waals surface area contributed by atoms with Crippen LogP contribution >= 0.6 is 0 Å². The van der Waals surface area contributed by atoms with E-state index in [4.69, 9.17) is 13.9 Å². The molecule has 0 spiro atoms. The van der Waals surface area contributed by atoms with E-state index < -0.39 is 12.2 Å². The van der Waals surface area contributed by atoms with Crippen molar-refractivity contribution < 1.29 is 23.5 Å². The van der Waals surface area contributed by atoms with Gasteiger partial charge in [0.15, 0.2) is 0 Å². The summed E-state index contributed by atoms with van der Waals surface area (Å²) in [4.78, 5) is 24.8. The van der Waals surface area contributed by atoms with Crippen LogP contribution in [0.15, 0.2) is 150 Å². The van der Waals surface area contributed by atoms with Gasteiger partial charge in [-0.2, -0.15) is 0 Å². The van der Waals surface area contributed by atoms with Gasteiger partial charge in [0.2, 0.25) is 11.8 Å². The highest BCUT2D eigenvalue weighted by molar-refractivity contribution is 5.89. The highest BCUT2D eigenvalue weighted by Crippen LogP contribution is 2.39. The van der Waals surface area contributed by atoms with E-state index in [0.29, 0.717) is 36.4 Å². The van der Waals surface area contributed by atoms with Gasteiger partial charge in [-0.25, -0.2) is 9.59 Å². The Kier molecular flexibility index (Phi) is 11.4. The van der Waals surface area contributed by atoms with Crippen molar-refractivity contribution in [2.75, 3.05) is 13.1 Å². The number of nitrogens with zero attached hydrogens (tertiary/aromatic N) is 2. The van der Waals surface area contributed by atoms with Gasteiger partial charge in [0.1, 0.15) is 11.5 Å². The lowest BCUT2D eigenvalue weighted by atomic mass is 9.93. The zero-order valence-corrected chi connectivity index (χ0v) is 30.6. The average Bonchev–Trinajstić information content (AvgIpc) is 3.73. The molecule has 0 atom stereocenters. The van der Waals surface area contributed by atoms with Crippen LogP contribution in [-0.4, -0.2) is 35.5 Å². The Bertz CT molecular complexity index is 2240. The molecule has 0 saturated carbocycles. The quantitative estimate of drug-likeness (QED) is 0.129. The molecule has 7 rings (SSSR count). The van der Waals surface area contributed by atoms with Gasteiger partial charge in [0.05, 0.1) is 0 Å². The second-order valence-corrected chi connectivity index (χ2v) is 12.8. The van der Waals surface area contributed by atoms with Gasteiger partial charge < -0.3 is 24.5 Å². The van der Waals surface area contributed by atoms with Gasteiger partial charge in [0.25, 0.3) is 0 Å². The molecule has 0 bridgehead atoms. The number of benzene rings is 6. The molecule has 2 amide bonds. The summed E-state index contributed by atoms with van der Waals surface area (Å²) in [6.45, 7) is 5.07. The molecule has 0 fully saturated rings. The lowest BCUT2D eigenvalue weighted by molar-refractivity contribution is 0.199. The van der Waals surface area contributed by atoms with Crippen molar-refractivity contribution in [3.63, 3.8) is 0 Å². The maximum absolute atomic E-state index is 12.4. The van der Waals surface area contributed by atoms with Crippen molar-refractivity contribution in [3.05, 3.63) is 146 Å². The number of hydrogen-bond donors (Lipinski definition) is 2. The first-order valence-corrected chi connectivity index (χ1v) is 18.4. The fraction of sp³-hybridized carbons (Fsp3) is 0.130. The fourth-order valence-electron chi connectivity index (χ4n) is 6.26. The molecule has 7 aromatic rings. The average molecular weight is 729 g/mol. The number of ether oxygens (including phenoxy) is 2.